The highest BCUT2D eigenvalue weighted by atomic mass is 35.5. The van der Waals surface area contributed by atoms with E-state index in [-0.39, 0.29) is 10.9 Å². The predicted molar refractivity (Wildman–Crippen MR) is 83.5 cm³/mol. The standard InChI is InChI=1S/C14H23ClN2O2S/c1-5-11(4)17-20(18,19)13-7-6-12(14(15)8-13)9-16-10(2)3/h6-8,10-11,16-17H,5,9H2,1-4H3. The maximum Gasteiger partial charge on any atom is 0.240 e. The summed E-state index contributed by atoms with van der Waals surface area (Å²) in [6.45, 7) is 8.47. The molecule has 2 N–H and O–H groups in total. The molecule has 1 aromatic rings. The van der Waals surface area contributed by atoms with Crippen molar-refractivity contribution < 1.29 is 8.42 Å². The number of benzene rings is 1. The highest BCUT2D eigenvalue weighted by molar-refractivity contribution is 7.89. The summed E-state index contributed by atoms with van der Waals surface area (Å²) in [4.78, 5) is 0.205. The Morgan fingerprint density at radius 2 is 1.90 bits per heavy atom. The first-order valence-corrected chi connectivity index (χ1v) is 8.66. The first kappa shape index (κ1) is 17.4. The van der Waals surface area contributed by atoms with Gasteiger partial charge in [0.15, 0.2) is 0 Å². The third kappa shape index (κ3) is 5.05. The number of sulfonamides is 1. The van der Waals surface area contributed by atoms with E-state index in [1.165, 1.54) is 6.07 Å². The smallest absolute Gasteiger partial charge is 0.240 e. The van der Waals surface area contributed by atoms with E-state index in [0.717, 1.165) is 12.0 Å². The fourth-order valence-electron chi connectivity index (χ4n) is 1.57. The first-order chi connectivity index (χ1) is 9.26. The Morgan fingerprint density at radius 3 is 2.40 bits per heavy atom. The summed E-state index contributed by atoms with van der Waals surface area (Å²) in [5, 5.41) is 3.72. The molecule has 0 spiro atoms. The van der Waals surface area contributed by atoms with E-state index in [0.29, 0.717) is 17.6 Å². The van der Waals surface area contributed by atoms with Crippen LogP contribution in [0.1, 0.15) is 39.7 Å². The van der Waals surface area contributed by atoms with Gasteiger partial charge >= 0.3 is 0 Å². The van der Waals surface area contributed by atoms with Crippen LogP contribution < -0.4 is 10.0 Å². The second-order valence-electron chi connectivity index (χ2n) is 5.22. The highest BCUT2D eigenvalue weighted by Gasteiger charge is 2.17. The van der Waals surface area contributed by atoms with Gasteiger partial charge in [-0.25, -0.2) is 13.1 Å². The van der Waals surface area contributed by atoms with Gasteiger partial charge in [-0.05, 0) is 31.0 Å². The van der Waals surface area contributed by atoms with Crippen LogP contribution in [0.4, 0.5) is 0 Å². The lowest BCUT2D eigenvalue weighted by molar-refractivity contribution is 0.555. The van der Waals surface area contributed by atoms with Gasteiger partial charge in [0.2, 0.25) is 10.0 Å². The van der Waals surface area contributed by atoms with Gasteiger partial charge in [0.25, 0.3) is 0 Å². The maximum absolute atomic E-state index is 12.1. The number of halogens is 1. The van der Waals surface area contributed by atoms with Gasteiger partial charge in [0, 0.05) is 23.7 Å². The molecule has 1 rings (SSSR count). The Labute approximate surface area is 127 Å². The van der Waals surface area contributed by atoms with E-state index in [2.05, 4.69) is 10.0 Å². The summed E-state index contributed by atoms with van der Waals surface area (Å²) in [6, 6.07) is 5.10. The van der Waals surface area contributed by atoms with E-state index >= 15 is 0 Å². The van der Waals surface area contributed by atoms with E-state index in [1.807, 2.05) is 27.7 Å². The van der Waals surface area contributed by atoms with Crippen LogP contribution in [-0.4, -0.2) is 20.5 Å². The van der Waals surface area contributed by atoms with Crippen molar-refractivity contribution >= 4 is 21.6 Å². The molecule has 20 heavy (non-hydrogen) atoms. The Kier molecular flexibility index (Phi) is 6.45. The molecule has 114 valence electrons. The number of rotatable bonds is 7. The van der Waals surface area contributed by atoms with Crippen LogP contribution in [0, 0.1) is 0 Å². The molecule has 6 heteroatoms. The number of nitrogens with one attached hydrogen (secondary N) is 2. The maximum atomic E-state index is 12.1. The average molecular weight is 319 g/mol. The Morgan fingerprint density at radius 1 is 1.25 bits per heavy atom. The summed E-state index contributed by atoms with van der Waals surface area (Å²) in [6.07, 6.45) is 0.739. The van der Waals surface area contributed by atoms with Crippen LogP contribution in [0.5, 0.6) is 0 Å². The normalized spacial score (nSPS) is 13.7. The Hall–Kier alpha value is -0.620. The molecule has 0 fully saturated rings. The molecular formula is C14H23ClN2O2S. The van der Waals surface area contributed by atoms with Crippen molar-refractivity contribution in [3.8, 4) is 0 Å². The zero-order valence-corrected chi connectivity index (χ0v) is 14.0. The molecule has 0 amide bonds. The molecular weight excluding hydrogens is 296 g/mol. The molecule has 0 aliphatic carbocycles. The van der Waals surface area contributed by atoms with Crippen LogP contribution >= 0.6 is 11.6 Å². The van der Waals surface area contributed by atoms with Gasteiger partial charge in [0.05, 0.1) is 4.90 Å². The zero-order valence-electron chi connectivity index (χ0n) is 12.4. The Bertz CT molecular complexity index is 544. The molecule has 0 aromatic heterocycles. The molecule has 1 unspecified atom stereocenters. The van der Waals surface area contributed by atoms with Crippen LogP contribution in [-0.2, 0) is 16.6 Å². The van der Waals surface area contributed by atoms with Crippen molar-refractivity contribution in [2.45, 2.75) is 57.6 Å². The third-order valence-corrected chi connectivity index (χ3v) is 4.94. The summed E-state index contributed by atoms with van der Waals surface area (Å²) < 4.78 is 26.9. The van der Waals surface area contributed by atoms with E-state index < -0.39 is 10.0 Å². The lowest BCUT2D eigenvalue weighted by atomic mass is 10.2. The summed E-state index contributed by atoms with van der Waals surface area (Å²) in [5.41, 5.74) is 0.892. The van der Waals surface area contributed by atoms with Crippen LogP contribution in [0.2, 0.25) is 5.02 Å². The molecule has 4 nitrogen and oxygen atoms in total. The fraction of sp³-hybridized carbons (Fsp3) is 0.571. The fourth-order valence-corrected chi connectivity index (χ4v) is 3.23. The Balaban J connectivity index is 2.91. The second kappa shape index (κ2) is 7.41. The average Bonchev–Trinajstić information content (AvgIpc) is 2.36. The van der Waals surface area contributed by atoms with Crippen LogP contribution in [0.25, 0.3) is 0 Å². The highest BCUT2D eigenvalue weighted by Crippen LogP contribution is 2.21. The molecule has 0 aliphatic rings. The van der Waals surface area contributed by atoms with Gasteiger partial charge in [-0.3, -0.25) is 0 Å². The lowest BCUT2D eigenvalue weighted by Crippen LogP contribution is -2.32. The van der Waals surface area contributed by atoms with Gasteiger partial charge in [0.1, 0.15) is 0 Å². The van der Waals surface area contributed by atoms with Gasteiger partial charge < -0.3 is 5.32 Å². The molecule has 0 radical (unpaired) electrons. The monoisotopic (exact) mass is 318 g/mol. The van der Waals surface area contributed by atoms with Gasteiger partial charge in [-0.2, -0.15) is 0 Å². The predicted octanol–water partition coefficient (Wildman–Crippen LogP) is 2.91. The first-order valence-electron chi connectivity index (χ1n) is 6.80. The minimum atomic E-state index is -3.50. The molecule has 0 saturated carbocycles. The van der Waals surface area contributed by atoms with Crippen molar-refractivity contribution in [3.63, 3.8) is 0 Å². The van der Waals surface area contributed by atoms with E-state index in [1.54, 1.807) is 12.1 Å². The SMILES string of the molecule is CCC(C)NS(=O)(=O)c1ccc(CNC(C)C)c(Cl)c1. The molecule has 1 atom stereocenters. The molecule has 0 heterocycles. The van der Waals surface area contributed by atoms with Crippen LogP contribution in [0.3, 0.4) is 0 Å². The largest absolute Gasteiger partial charge is 0.310 e. The lowest BCUT2D eigenvalue weighted by Gasteiger charge is -2.14. The zero-order chi connectivity index (χ0) is 15.3. The van der Waals surface area contributed by atoms with Crippen molar-refractivity contribution in [3.05, 3.63) is 28.8 Å². The minimum Gasteiger partial charge on any atom is -0.310 e. The van der Waals surface area contributed by atoms with Crippen LogP contribution in [0.15, 0.2) is 23.1 Å². The van der Waals surface area contributed by atoms with Crippen molar-refractivity contribution in [1.82, 2.24) is 10.0 Å². The summed E-state index contributed by atoms with van der Waals surface area (Å²) in [7, 11) is -3.50. The molecule has 0 saturated heterocycles. The molecule has 0 bridgehead atoms. The van der Waals surface area contributed by atoms with Crippen molar-refractivity contribution in [2.75, 3.05) is 0 Å². The van der Waals surface area contributed by atoms with E-state index in [9.17, 15) is 8.42 Å². The van der Waals surface area contributed by atoms with Crippen molar-refractivity contribution in [2.24, 2.45) is 0 Å². The van der Waals surface area contributed by atoms with Gasteiger partial charge in [-0.15, -0.1) is 0 Å². The summed E-state index contributed by atoms with van der Waals surface area (Å²) in [5.74, 6) is 0. The summed E-state index contributed by atoms with van der Waals surface area (Å²) >= 11 is 6.16. The molecule has 1 aromatic carbocycles. The minimum absolute atomic E-state index is 0.0962. The van der Waals surface area contributed by atoms with Gasteiger partial charge in [-0.1, -0.05) is 38.4 Å². The van der Waals surface area contributed by atoms with E-state index in [4.69, 9.17) is 11.6 Å². The number of hydrogen-bond donors (Lipinski definition) is 2. The quantitative estimate of drug-likeness (QED) is 0.812. The third-order valence-electron chi connectivity index (χ3n) is 3.00. The number of hydrogen-bond acceptors (Lipinski definition) is 3. The van der Waals surface area contributed by atoms with Crippen molar-refractivity contribution in [1.29, 1.82) is 0 Å². The topological polar surface area (TPSA) is 58.2 Å². The molecule has 0 aliphatic heterocycles. The second-order valence-corrected chi connectivity index (χ2v) is 7.34.